The molecule has 0 aliphatic rings. The number of aliphatic imine (C=N–C) groups is 1. The first-order valence-electron chi connectivity index (χ1n) is 11.2. The van der Waals surface area contributed by atoms with Gasteiger partial charge in [-0.25, -0.2) is 9.59 Å². The first kappa shape index (κ1) is 30.5. The van der Waals surface area contributed by atoms with Crippen molar-refractivity contribution in [2.45, 2.75) is 31.3 Å². The van der Waals surface area contributed by atoms with Gasteiger partial charge < -0.3 is 37.1 Å². The molecule has 200 valence electrons. The molecule has 2 amide bonds. The van der Waals surface area contributed by atoms with E-state index in [1.807, 2.05) is 6.07 Å². The maximum atomic E-state index is 11.8. The van der Waals surface area contributed by atoms with Gasteiger partial charge in [0.1, 0.15) is 17.8 Å². The maximum Gasteiger partial charge on any atom is 0.360 e. The van der Waals surface area contributed by atoms with Crippen LogP contribution in [0.4, 0.5) is 10.5 Å². The zero-order valence-corrected chi connectivity index (χ0v) is 20.7. The van der Waals surface area contributed by atoms with E-state index in [-0.39, 0.29) is 12.4 Å². The van der Waals surface area contributed by atoms with Crippen LogP contribution in [0.15, 0.2) is 69.8 Å². The minimum absolute atomic E-state index is 0.0478. The van der Waals surface area contributed by atoms with Gasteiger partial charge in [0, 0.05) is 13.0 Å². The molecule has 0 saturated heterocycles. The lowest BCUT2D eigenvalue weighted by Gasteiger charge is -2.12. The van der Waals surface area contributed by atoms with Gasteiger partial charge in [-0.1, -0.05) is 35.4 Å². The summed E-state index contributed by atoms with van der Waals surface area (Å²) in [6, 6.07) is 13.2. The lowest BCUT2D eigenvalue weighted by Crippen LogP contribution is -2.40. The first-order chi connectivity index (χ1) is 17.7. The summed E-state index contributed by atoms with van der Waals surface area (Å²) in [6.45, 7) is 0.479. The molecule has 0 aromatic heterocycles. The van der Waals surface area contributed by atoms with Crippen molar-refractivity contribution in [2.75, 3.05) is 20.8 Å². The van der Waals surface area contributed by atoms with Crippen LogP contribution in [0.25, 0.3) is 0 Å². The second-order valence-electron chi connectivity index (χ2n) is 7.51. The number of nitrogens with one attached hydrogen (secondary N) is 1. The van der Waals surface area contributed by atoms with Crippen molar-refractivity contribution in [3.8, 4) is 5.75 Å². The third-order valence-electron chi connectivity index (χ3n) is 4.68. The Bertz CT molecular complexity index is 1040. The van der Waals surface area contributed by atoms with Gasteiger partial charge in [0.25, 0.3) is 0 Å². The predicted molar refractivity (Wildman–Crippen MR) is 138 cm³/mol. The summed E-state index contributed by atoms with van der Waals surface area (Å²) in [5.74, 6) is -0.838. The molecular formula is C24H33N7O6. The van der Waals surface area contributed by atoms with Crippen molar-refractivity contribution in [3.05, 3.63) is 60.2 Å². The number of esters is 1. The smallest absolute Gasteiger partial charge is 0.360 e. The molecule has 0 aliphatic carbocycles. The first-order valence-corrected chi connectivity index (χ1v) is 11.2. The Hall–Kier alpha value is -4.52. The lowest BCUT2D eigenvalue weighted by molar-refractivity contribution is -0.142. The Morgan fingerprint density at radius 1 is 1.03 bits per heavy atom. The molecule has 2 atom stereocenters. The Labute approximate surface area is 214 Å². The molecular weight excluding hydrogens is 482 g/mol. The third-order valence-corrected chi connectivity index (χ3v) is 4.68. The molecule has 2 aromatic carbocycles. The number of carboxylic acid groups (broad SMARTS) is 1. The van der Waals surface area contributed by atoms with E-state index in [2.05, 4.69) is 25.3 Å². The van der Waals surface area contributed by atoms with Gasteiger partial charge in [0.2, 0.25) is 0 Å². The molecule has 0 heterocycles. The fraction of sp³-hybridized carbons (Fsp3) is 0.333. The average Bonchev–Trinajstić information content (AvgIpc) is 2.90. The summed E-state index contributed by atoms with van der Waals surface area (Å²) in [7, 11) is 2.85. The van der Waals surface area contributed by atoms with Crippen LogP contribution >= 0.6 is 0 Å². The molecule has 0 fully saturated rings. The molecule has 0 aliphatic heterocycles. The van der Waals surface area contributed by atoms with E-state index in [1.165, 1.54) is 7.11 Å². The minimum atomic E-state index is -1.13. The molecule has 37 heavy (non-hydrogen) atoms. The Morgan fingerprint density at radius 3 is 2.22 bits per heavy atom. The fourth-order valence-corrected chi connectivity index (χ4v) is 2.77. The Morgan fingerprint density at radius 2 is 1.68 bits per heavy atom. The highest BCUT2D eigenvalue weighted by Gasteiger charge is 2.20. The summed E-state index contributed by atoms with van der Waals surface area (Å²) in [5.41, 5.74) is 16.9. The van der Waals surface area contributed by atoms with Crippen LogP contribution in [0.2, 0.25) is 0 Å². The summed E-state index contributed by atoms with van der Waals surface area (Å²) >= 11 is 0. The zero-order valence-electron chi connectivity index (χ0n) is 20.7. The SMILES string of the molecule is COC(=O)[C@@H](N)CCCN=C(N)N.COc1ccc(N=NC(=O)N[C@@H](Cc2ccccc2)C(=O)O)cc1. The summed E-state index contributed by atoms with van der Waals surface area (Å²) in [6.07, 6.45) is 1.34. The van der Waals surface area contributed by atoms with E-state index < -0.39 is 30.1 Å². The number of ether oxygens (including phenoxy) is 2. The number of aliphatic carboxylic acids is 1. The van der Waals surface area contributed by atoms with E-state index in [0.29, 0.717) is 30.8 Å². The standard InChI is InChI=1S/C17H17N3O4.C7H16N4O2/c1-24-14-9-7-13(8-10-14)19-20-17(23)18-15(16(21)22)11-12-5-3-2-4-6-12;1-13-6(12)5(8)3-2-4-11-7(9)10/h2-10,15H,11H2,1H3,(H,18,23)(H,21,22);5H,2-4,8H2,1H3,(H4,9,10,11)/t15-;5-/m00/s1. The molecule has 0 bridgehead atoms. The van der Waals surface area contributed by atoms with Gasteiger partial charge in [-0.2, -0.15) is 0 Å². The number of methoxy groups -OCH3 is 2. The van der Waals surface area contributed by atoms with E-state index in [1.54, 1.807) is 55.6 Å². The molecule has 0 spiro atoms. The van der Waals surface area contributed by atoms with Gasteiger partial charge in [0.15, 0.2) is 5.96 Å². The number of carboxylic acids is 1. The highest BCUT2D eigenvalue weighted by atomic mass is 16.5. The number of hydrogen-bond donors (Lipinski definition) is 5. The molecule has 8 N–H and O–H groups in total. The largest absolute Gasteiger partial charge is 0.497 e. The van der Waals surface area contributed by atoms with Crippen LogP contribution in [-0.4, -0.2) is 61.9 Å². The number of hydrogen-bond acceptors (Lipinski definition) is 8. The van der Waals surface area contributed by atoms with Crippen molar-refractivity contribution >= 4 is 29.6 Å². The van der Waals surface area contributed by atoms with E-state index in [0.717, 1.165) is 5.56 Å². The molecule has 13 heteroatoms. The maximum absolute atomic E-state index is 11.8. The molecule has 0 radical (unpaired) electrons. The van der Waals surface area contributed by atoms with Gasteiger partial charge in [-0.05, 0) is 42.7 Å². The number of guanidine groups is 1. The second-order valence-corrected chi connectivity index (χ2v) is 7.51. The average molecular weight is 516 g/mol. The molecule has 0 saturated carbocycles. The monoisotopic (exact) mass is 515 g/mol. The quantitative estimate of drug-likeness (QED) is 0.0965. The molecule has 2 rings (SSSR count). The Kier molecular flexibility index (Phi) is 14.0. The van der Waals surface area contributed by atoms with E-state index >= 15 is 0 Å². The van der Waals surface area contributed by atoms with Crippen molar-refractivity contribution in [1.29, 1.82) is 0 Å². The third kappa shape index (κ3) is 13.2. The van der Waals surface area contributed by atoms with Crippen molar-refractivity contribution in [2.24, 2.45) is 32.4 Å². The molecule has 2 aromatic rings. The topological polar surface area (TPSA) is 217 Å². The summed E-state index contributed by atoms with van der Waals surface area (Å²) in [5, 5.41) is 18.8. The Balaban J connectivity index is 0.000000448. The van der Waals surface area contributed by atoms with E-state index in [4.69, 9.17) is 21.9 Å². The summed E-state index contributed by atoms with van der Waals surface area (Å²) < 4.78 is 9.45. The number of azo groups is 1. The van der Waals surface area contributed by atoms with Gasteiger partial charge >= 0.3 is 18.0 Å². The van der Waals surface area contributed by atoms with Gasteiger partial charge in [0.05, 0.1) is 19.9 Å². The number of carbonyl (C=O) groups is 3. The second kappa shape index (κ2) is 17.0. The number of nitrogens with zero attached hydrogens (tertiary/aromatic N) is 3. The normalized spacial score (nSPS) is 11.9. The number of carbonyl (C=O) groups excluding carboxylic acids is 2. The van der Waals surface area contributed by atoms with Crippen molar-refractivity contribution in [1.82, 2.24) is 5.32 Å². The summed E-state index contributed by atoms with van der Waals surface area (Å²) in [4.78, 5) is 37.6. The van der Waals surface area contributed by atoms with Gasteiger partial charge in [-0.15, -0.1) is 5.11 Å². The van der Waals surface area contributed by atoms with Crippen LogP contribution in [0.3, 0.4) is 0 Å². The molecule has 0 unspecified atom stereocenters. The van der Waals surface area contributed by atoms with Crippen LogP contribution in [0.1, 0.15) is 18.4 Å². The highest BCUT2D eigenvalue weighted by molar-refractivity contribution is 5.83. The van der Waals surface area contributed by atoms with Crippen molar-refractivity contribution in [3.63, 3.8) is 0 Å². The van der Waals surface area contributed by atoms with Gasteiger partial charge in [-0.3, -0.25) is 9.79 Å². The highest BCUT2D eigenvalue weighted by Crippen LogP contribution is 2.17. The van der Waals surface area contributed by atoms with Crippen molar-refractivity contribution < 1.29 is 29.0 Å². The fourth-order valence-electron chi connectivity index (χ4n) is 2.77. The van der Waals surface area contributed by atoms with Crippen LogP contribution in [0.5, 0.6) is 5.75 Å². The van der Waals surface area contributed by atoms with Crippen LogP contribution < -0.4 is 27.3 Å². The zero-order chi connectivity index (χ0) is 27.6. The number of nitrogens with two attached hydrogens (primary N) is 3. The number of amides is 2. The van der Waals surface area contributed by atoms with Crippen LogP contribution in [0, 0.1) is 0 Å². The predicted octanol–water partition coefficient (Wildman–Crippen LogP) is 1.72. The van der Waals surface area contributed by atoms with E-state index in [9.17, 15) is 19.5 Å². The number of benzene rings is 2. The minimum Gasteiger partial charge on any atom is -0.497 e. The lowest BCUT2D eigenvalue weighted by atomic mass is 10.1. The number of rotatable bonds is 11. The number of urea groups is 1. The molecule has 13 nitrogen and oxygen atoms in total. The van der Waals surface area contributed by atoms with Crippen LogP contribution in [-0.2, 0) is 20.7 Å².